The predicted octanol–water partition coefficient (Wildman–Crippen LogP) is 3.28. The Morgan fingerprint density at radius 2 is 2.04 bits per heavy atom. The summed E-state index contributed by atoms with van der Waals surface area (Å²) in [5, 5.41) is 4.22. The molecular formula is C20H29N3O3S. The van der Waals surface area contributed by atoms with Crippen molar-refractivity contribution in [3.05, 3.63) is 35.5 Å². The summed E-state index contributed by atoms with van der Waals surface area (Å²) < 4.78 is 35.8. The average Bonchev–Trinajstić information content (AvgIpc) is 3.07. The highest BCUT2D eigenvalue weighted by Crippen LogP contribution is 2.31. The molecule has 0 spiro atoms. The van der Waals surface area contributed by atoms with Gasteiger partial charge in [-0.05, 0) is 62.4 Å². The van der Waals surface area contributed by atoms with E-state index < -0.39 is 10.0 Å². The van der Waals surface area contributed by atoms with Crippen molar-refractivity contribution in [2.45, 2.75) is 51.0 Å². The van der Waals surface area contributed by atoms with Gasteiger partial charge in [0, 0.05) is 38.5 Å². The van der Waals surface area contributed by atoms with Gasteiger partial charge in [0.2, 0.25) is 10.0 Å². The summed E-state index contributed by atoms with van der Waals surface area (Å²) >= 11 is 0. The van der Waals surface area contributed by atoms with Crippen LogP contribution in [0.2, 0.25) is 0 Å². The van der Waals surface area contributed by atoms with Crippen LogP contribution in [0.5, 0.6) is 0 Å². The third-order valence-electron chi connectivity index (χ3n) is 5.14. The average molecular weight is 392 g/mol. The number of aromatic nitrogens is 2. The standard InChI is InChI=1S/C20H29N3O3S/c1-5-11-26-17-7-6-10-23(14-17)27(24,25)20-13-15(2)18(12-16(20)3)19-8-9-21-22(19)4/h8-9,12-13,17H,5-7,10-11,14H2,1-4H3. The number of nitrogens with zero attached hydrogens (tertiary/aromatic N) is 3. The molecule has 1 aliphatic rings. The minimum Gasteiger partial charge on any atom is -0.377 e. The lowest BCUT2D eigenvalue weighted by Crippen LogP contribution is -2.43. The van der Waals surface area contributed by atoms with Crippen molar-refractivity contribution in [2.24, 2.45) is 7.05 Å². The van der Waals surface area contributed by atoms with E-state index in [9.17, 15) is 8.42 Å². The SMILES string of the molecule is CCCOC1CCCN(S(=O)(=O)c2cc(C)c(-c3ccnn3C)cc2C)C1. The van der Waals surface area contributed by atoms with Crippen LogP contribution in [0.25, 0.3) is 11.3 Å². The molecule has 0 radical (unpaired) electrons. The van der Waals surface area contributed by atoms with E-state index in [2.05, 4.69) is 12.0 Å². The van der Waals surface area contributed by atoms with Crippen molar-refractivity contribution in [3.8, 4) is 11.3 Å². The maximum Gasteiger partial charge on any atom is 0.243 e. The Labute approximate surface area is 162 Å². The lowest BCUT2D eigenvalue weighted by molar-refractivity contribution is 0.0193. The van der Waals surface area contributed by atoms with Crippen LogP contribution in [0.4, 0.5) is 0 Å². The third-order valence-corrected chi connectivity index (χ3v) is 7.14. The normalized spacial score (nSPS) is 18.7. The summed E-state index contributed by atoms with van der Waals surface area (Å²) in [6.07, 6.45) is 4.43. The zero-order chi connectivity index (χ0) is 19.6. The van der Waals surface area contributed by atoms with Crippen LogP contribution in [0.1, 0.15) is 37.3 Å². The number of aryl methyl sites for hydroxylation is 3. The fraction of sp³-hybridized carbons (Fsp3) is 0.550. The van der Waals surface area contributed by atoms with Gasteiger partial charge in [0.1, 0.15) is 0 Å². The van der Waals surface area contributed by atoms with E-state index in [0.29, 0.717) is 24.6 Å². The number of sulfonamides is 1. The molecule has 1 aromatic carbocycles. The second kappa shape index (κ2) is 8.12. The number of hydrogen-bond acceptors (Lipinski definition) is 4. The zero-order valence-corrected chi connectivity index (χ0v) is 17.4. The molecule has 0 bridgehead atoms. The van der Waals surface area contributed by atoms with E-state index >= 15 is 0 Å². The first-order chi connectivity index (χ1) is 12.8. The van der Waals surface area contributed by atoms with E-state index in [0.717, 1.165) is 41.6 Å². The Morgan fingerprint density at radius 1 is 1.26 bits per heavy atom. The molecule has 2 heterocycles. The fourth-order valence-corrected chi connectivity index (χ4v) is 5.47. The summed E-state index contributed by atoms with van der Waals surface area (Å²) in [5.74, 6) is 0. The minimum atomic E-state index is -3.54. The predicted molar refractivity (Wildman–Crippen MR) is 106 cm³/mol. The Morgan fingerprint density at radius 3 is 2.70 bits per heavy atom. The lowest BCUT2D eigenvalue weighted by atomic mass is 10.0. The van der Waals surface area contributed by atoms with Gasteiger partial charge in [-0.3, -0.25) is 4.68 Å². The molecule has 1 atom stereocenters. The first-order valence-corrected chi connectivity index (χ1v) is 11.0. The van der Waals surface area contributed by atoms with Gasteiger partial charge in [-0.25, -0.2) is 8.42 Å². The third kappa shape index (κ3) is 4.10. The monoisotopic (exact) mass is 391 g/mol. The van der Waals surface area contributed by atoms with Gasteiger partial charge < -0.3 is 4.74 Å². The molecule has 0 amide bonds. The second-order valence-corrected chi connectivity index (χ2v) is 9.18. The molecule has 6 nitrogen and oxygen atoms in total. The molecule has 1 unspecified atom stereocenters. The van der Waals surface area contributed by atoms with Crippen molar-refractivity contribution in [3.63, 3.8) is 0 Å². The molecule has 27 heavy (non-hydrogen) atoms. The van der Waals surface area contributed by atoms with Crippen LogP contribution in [0, 0.1) is 13.8 Å². The van der Waals surface area contributed by atoms with Crippen molar-refractivity contribution in [2.75, 3.05) is 19.7 Å². The highest BCUT2D eigenvalue weighted by Gasteiger charge is 2.32. The molecular weight excluding hydrogens is 362 g/mol. The Hall–Kier alpha value is -1.70. The quantitative estimate of drug-likeness (QED) is 0.758. The number of rotatable bonds is 6. The molecule has 1 aliphatic heterocycles. The molecule has 7 heteroatoms. The smallest absolute Gasteiger partial charge is 0.243 e. The fourth-order valence-electron chi connectivity index (χ4n) is 3.66. The van der Waals surface area contributed by atoms with Crippen molar-refractivity contribution in [1.29, 1.82) is 0 Å². The largest absolute Gasteiger partial charge is 0.377 e. The van der Waals surface area contributed by atoms with Crippen molar-refractivity contribution >= 4 is 10.0 Å². The highest BCUT2D eigenvalue weighted by atomic mass is 32.2. The molecule has 1 fully saturated rings. The van der Waals surface area contributed by atoms with Crippen molar-refractivity contribution < 1.29 is 13.2 Å². The van der Waals surface area contributed by atoms with Gasteiger partial charge in [-0.2, -0.15) is 9.40 Å². The highest BCUT2D eigenvalue weighted by molar-refractivity contribution is 7.89. The molecule has 0 N–H and O–H groups in total. The van der Waals surface area contributed by atoms with E-state index in [-0.39, 0.29) is 6.10 Å². The summed E-state index contributed by atoms with van der Waals surface area (Å²) in [6.45, 7) is 7.54. The van der Waals surface area contributed by atoms with E-state index in [1.54, 1.807) is 21.3 Å². The van der Waals surface area contributed by atoms with E-state index in [4.69, 9.17) is 4.74 Å². The van der Waals surface area contributed by atoms with Gasteiger partial charge in [-0.1, -0.05) is 6.92 Å². The summed E-state index contributed by atoms with van der Waals surface area (Å²) in [4.78, 5) is 0.391. The van der Waals surface area contributed by atoms with Crippen molar-refractivity contribution in [1.82, 2.24) is 14.1 Å². The minimum absolute atomic E-state index is 0.0106. The molecule has 2 aromatic rings. The van der Waals surface area contributed by atoms with Crippen LogP contribution < -0.4 is 0 Å². The Kier molecular flexibility index (Phi) is 6.03. The molecule has 1 aromatic heterocycles. The van der Waals surface area contributed by atoms with Crippen LogP contribution in [-0.4, -0.2) is 48.3 Å². The molecule has 0 saturated carbocycles. The molecule has 3 rings (SSSR count). The first kappa shape index (κ1) is 20.0. The Bertz CT molecular complexity index is 905. The number of hydrogen-bond donors (Lipinski definition) is 0. The van der Waals surface area contributed by atoms with Gasteiger partial charge in [0.25, 0.3) is 0 Å². The zero-order valence-electron chi connectivity index (χ0n) is 16.6. The maximum absolute atomic E-state index is 13.3. The lowest BCUT2D eigenvalue weighted by Gasteiger charge is -2.32. The Balaban J connectivity index is 1.91. The van der Waals surface area contributed by atoms with Crippen LogP contribution >= 0.6 is 0 Å². The van der Waals surface area contributed by atoms with Gasteiger partial charge in [-0.15, -0.1) is 0 Å². The van der Waals surface area contributed by atoms with E-state index in [1.165, 1.54) is 0 Å². The molecule has 148 valence electrons. The number of ether oxygens (including phenoxy) is 1. The van der Waals surface area contributed by atoms with E-state index in [1.807, 2.05) is 33.0 Å². The molecule has 0 aliphatic carbocycles. The first-order valence-electron chi connectivity index (χ1n) is 9.56. The van der Waals surface area contributed by atoms with Gasteiger partial charge >= 0.3 is 0 Å². The summed E-state index contributed by atoms with van der Waals surface area (Å²) in [6, 6.07) is 5.69. The van der Waals surface area contributed by atoms with Gasteiger partial charge in [0.15, 0.2) is 0 Å². The summed E-state index contributed by atoms with van der Waals surface area (Å²) in [5.41, 5.74) is 3.67. The molecule has 1 saturated heterocycles. The summed E-state index contributed by atoms with van der Waals surface area (Å²) in [7, 11) is -1.65. The van der Waals surface area contributed by atoms with Gasteiger partial charge in [0.05, 0.1) is 16.7 Å². The topological polar surface area (TPSA) is 64.4 Å². The number of benzene rings is 1. The van der Waals surface area contributed by atoms with Crippen LogP contribution in [0.3, 0.4) is 0 Å². The van der Waals surface area contributed by atoms with Crippen LogP contribution in [-0.2, 0) is 21.8 Å². The van der Waals surface area contributed by atoms with Crippen LogP contribution in [0.15, 0.2) is 29.3 Å². The second-order valence-electron chi connectivity index (χ2n) is 7.27. The maximum atomic E-state index is 13.3. The number of piperidine rings is 1.